The van der Waals surface area contributed by atoms with Gasteiger partial charge in [-0.2, -0.15) is 0 Å². The maximum absolute atomic E-state index is 9.34. The molecule has 0 spiro atoms. The number of furan rings is 1. The van der Waals surface area contributed by atoms with Crippen LogP contribution in [0.15, 0.2) is 174 Å². The molecule has 0 aliphatic rings. The maximum Gasteiger partial charge on any atom is 0.135 e. The first kappa shape index (κ1) is 19.4. The highest BCUT2D eigenvalue weighted by Crippen LogP contribution is 2.46. The Labute approximate surface area is 271 Å². The highest BCUT2D eigenvalue weighted by molar-refractivity contribution is 6.22. The van der Waals surface area contributed by atoms with Gasteiger partial charge in [-0.3, -0.25) is 0 Å². The van der Waals surface area contributed by atoms with E-state index in [4.69, 9.17) is 12.6 Å². The van der Waals surface area contributed by atoms with E-state index in [1.807, 2.05) is 42.5 Å². The molecule has 9 rings (SSSR count). The summed E-state index contributed by atoms with van der Waals surface area (Å²) in [5.41, 5.74) is 6.92. The molecule has 0 N–H and O–H groups in total. The Kier molecular flexibility index (Phi) is 4.46. The summed E-state index contributed by atoms with van der Waals surface area (Å²) in [5.74, 6) is 0. The van der Waals surface area contributed by atoms with Crippen molar-refractivity contribution in [1.29, 1.82) is 0 Å². The number of hydrogen-bond acceptors (Lipinski definition) is 1. The van der Waals surface area contributed by atoms with Gasteiger partial charge in [-0.1, -0.05) is 145 Å². The van der Waals surface area contributed by atoms with Crippen molar-refractivity contribution in [2.75, 3.05) is 0 Å². The largest absolute Gasteiger partial charge is 0.456 e. The van der Waals surface area contributed by atoms with Crippen LogP contribution in [0.3, 0.4) is 0 Å². The van der Waals surface area contributed by atoms with E-state index in [2.05, 4.69) is 84.9 Å². The van der Waals surface area contributed by atoms with E-state index in [9.17, 15) is 1.37 Å². The third-order valence-corrected chi connectivity index (χ3v) is 8.54. The van der Waals surface area contributed by atoms with Crippen molar-refractivity contribution in [3.05, 3.63) is 170 Å². The van der Waals surface area contributed by atoms with Gasteiger partial charge >= 0.3 is 0 Å². The zero-order valence-electron chi connectivity index (χ0n) is 31.0. The zero-order valence-corrected chi connectivity index (χ0v) is 24.0. The van der Waals surface area contributed by atoms with Crippen LogP contribution in [0, 0.1) is 0 Å². The molecule has 0 unspecified atom stereocenters. The summed E-state index contributed by atoms with van der Waals surface area (Å²) in [7, 11) is 0. The molecule has 8 aromatic carbocycles. The van der Waals surface area contributed by atoms with Crippen molar-refractivity contribution in [3.63, 3.8) is 0 Å². The van der Waals surface area contributed by atoms with Crippen molar-refractivity contribution in [3.8, 4) is 44.5 Å². The minimum absolute atomic E-state index is 0.0419. The average Bonchev–Trinajstić information content (AvgIpc) is 3.60. The Morgan fingerprint density at radius 2 is 0.956 bits per heavy atom. The molecule has 0 bridgehead atoms. The minimum atomic E-state index is -0.456. The second kappa shape index (κ2) is 10.4. The fraction of sp³-hybridized carbons (Fsp3) is 0. The standard InChI is InChI=1S/C44H28O/c1-2-13-29(14-3-1)33-17-4-5-19-35(33)44-38-22-8-6-20-36(38)43(37-21-7-9-23-39(37)44)32-16-12-15-30(27-32)31-25-26-42-40(28-31)34-18-10-11-24-41(34)45-42/h1-28H/i10D,11D,18D,24D,25D,26D,28D. The molecule has 1 heteroatoms. The summed E-state index contributed by atoms with van der Waals surface area (Å²) in [5, 5.41) is 4.40. The summed E-state index contributed by atoms with van der Waals surface area (Å²) in [6.07, 6.45) is 0. The SMILES string of the molecule is [2H]c1c([2H])c([2H])c2c(oc3c([2H])c([2H])c(-c4cccc(-c5c6ccccc6c(-c6ccccc6-c6ccccc6)c6ccccc56)c4)c([2H])c32)c1[2H]. The van der Waals surface area contributed by atoms with Gasteiger partial charge in [0.05, 0.1) is 9.60 Å². The first-order valence-corrected chi connectivity index (χ1v) is 14.9. The van der Waals surface area contributed by atoms with Crippen LogP contribution in [0.2, 0.25) is 0 Å². The molecule has 0 aliphatic heterocycles. The van der Waals surface area contributed by atoms with Gasteiger partial charge in [0.2, 0.25) is 0 Å². The van der Waals surface area contributed by atoms with Crippen molar-refractivity contribution >= 4 is 43.5 Å². The molecule has 0 saturated heterocycles. The van der Waals surface area contributed by atoms with Crippen molar-refractivity contribution in [2.24, 2.45) is 0 Å². The number of para-hydroxylation sites is 1. The predicted octanol–water partition coefficient (Wildman–Crippen LogP) is 12.6. The second-order valence-electron chi connectivity index (χ2n) is 11.1. The lowest BCUT2D eigenvalue weighted by atomic mass is 9.83. The van der Waals surface area contributed by atoms with Crippen LogP contribution in [-0.4, -0.2) is 0 Å². The molecule has 9 aromatic rings. The lowest BCUT2D eigenvalue weighted by Gasteiger charge is -2.20. The highest BCUT2D eigenvalue weighted by Gasteiger charge is 2.19. The van der Waals surface area contributed by atoms with Gasteiger partial charge in [0.15, 0.2) is 0 Å². The fourth-order valence-electron chi connectivity index (χ4n) is 6.58. The molecular formula is C44H28O. The number of fused-ring (bicyclic) bond motifs is 5. The maximum atomic E-state index is 9.34. The van der Waals surface area contributed by atoms with E-state index in [1.54, 1.807) is 0 Å². The molecule has 210 valence electrons. The van der Waals surface area contributed by atoms with Gasteiger partial charge in [0, 0.05) is 10.8 Å². The summed E-state index contributed by atoms with van der Waals surface area (Å²) in [6.45, 7) is 0. The Morgan fingerprint density at radius 3 is 1.71 bits per heavy atom. The normalized spacial score (nSPS) is 13.7. The lowest BCUT2D eigenvalue weighted by Crippen LogP contribution is -1.92. The second-order valence-corrected chi connectivity index (χ2v) is 11.1. The van der Waals surface area contributed by atoms with Gasteiger partial charge in [-0.15, -0.1) is 0 Å². The average molecular weight is 580 g/mol. The van der Waals surface area contributed by atoms with Crippen molar-refractivity contribution in [1.82, 2.24) is 0 Å². The summed E-state index contributed by atoms with van der Waals surface area (Å²) >= 11 is 0. The molecule has 0 fully saturated rings. The monoisotopic (exact) mass is 579 g/mol. The van der Waals surface area contributed by atoms with Crippen LogP contribution in [-0.2, 0) is 0 Å². The molecule has 1 heterocycles. The van der Waals surface area contributed by atoms with Gasteiger partial charge in [-0.25, -0.2) is 0 Å². The zero-order chi connectivity index (χ0) is 35.8. The molecule has 1 aromatic heterocycles. The molecule has 1 nitrogen and oxygen atoms in total. The van der Waals surface area contributed by atoms with Crippen molar-refractivity contribution < 1.29 is 14.0 Å². The molecule has 45 heavy (non-hydrogen) atoms. The topological polar surface area (TPSA) is 13.1 Å². The van der Waals surface area contributed by atoms with E-state index in [1.165, 1.54) is 0 Å². The van der Waals surface area contributed by atoms with E-state index in [-0.39, 0.29) is 57.7 Å². The summed E-state index contributed by atoms with van der Waals surface area (Å²) < 4.78 is 66.5. The van der Waals surface area contributed by atoms with E-state index < -0.39 is 12.1 Å². The van der Waals surface area contributed by atoms with Gasteiger partial charge in [-0.05, 0) is 90.2 Å². The highest BCUT2D eigenvalue weighted by atomic mass is 16.3. The summed E-state index contributed by atoms with van der Waals surface area (Å²) in [4.78, 5) is 0. The minimum Gasteiger partial charge on any atom is -0.456 e. The third kappa shape index (κ3) is 4.17. The van der Waals surface area contributed by atoms with Crippen LogP contribution >= 0.6 is 0 Å². The number of hydrogen-bond donors (Lipinski definition) is 0. The Bertz CT molecular complexity index is 2870. The van der Waals surface area contributed by atoms with E-state index >= 15 is 0 Å². The van der Waals surface area contributed by atoms with Gasteiger partial charge in [0.25, 0.3) is 0 Å². The Morgan fingerprint density at radius 1 is 0.378 bits per heavy atom. The van der Waals surface area contributed by atoms with Crippen molar-refractivity contribution in [2.45, 2.75) is 0 Å². The Hall–Kier alpha value is -5.92. The lowest BCUT2D eigenvalue weighted by molar-refractivity contribution is 0.669. The Balaban J connectivity index is 1.32. The molecule has 0 atom stereocenters. The fourth-order valence-corrected chi connectivity index (χ4v) is 6.58. The molecular weight excluding hydrogens is 544 g/mol. The molecule has 0 saturated carbocycles. The molecule has 0 amide bonds. The molecule has 0 radical (unpaired) electrons. The summed E-state index contributed by atoms with van der Waals surface area (Å²) in [6, 6.07) is 41.0. The van der Waals surface area contributed by atoms with Gasteiger partial charge in [0.1, 0.15) is 11.2 Å². The van der Waals surface area contributed by atoms with Crippen LogP contribution in [0.4, 0.5) is 0 Å². The van der Waals surface area contributed by atoms with E-state index in [0.717, 1.165) is 54.9 Å². The van der Waals surface area contributed by atoms with E-state index in [0.29, 0.717) is 5.56 Å². The molecule has 0 aliphatic carbocycles. The number of rotatable bonds is 4. The third-order valence-electron chi connectivity index (χ3n) is 8.54. The van der Waals surface area contributed by atoms with Crippen LogP contribution in [0.5, 0.6) is 0 Å². The quantitative estimate of drug-likeness (QED) is 0.189. The van der Waals surface area contributed by atoms with Gasteiger partial charge < -0.3 is 4.42 Å². The van der Waals surface area contributed by atoms with Crippen LogP contribution < -0.4 is 0 Å². The smallest absolute Gasteiger partial charge is 0.135 e. The first-order chi connectivity index (χ1) is 25.3. The van der Waals surface area contributed by atoms with Crippen LogP contribution in [0.1, 0.15) is 9.60 Å². The first-order valence-electron chi connectivity index (χ1n) is 18.4. The van der Waals surface area contributed by atoms with Crippen LogP contribution in [0.25, 0.3) is 88.0 Å². The number of benzene rings is 8. The predicted molar refractivity (Wildman–Crippen MR) is 190 cm³/mol.